The zero-order valence-corrected chi connectivity index (χ0v) is 8.34. The Balaban J connectivity index is 1.97. The number of thiocarbonyl (C=S) groups is 1. The van der Waals surface area contributed by atoms with Crippen molar-refractivity contribution in [2.75, 3.05) is 13.6 Å². The summed E-state index contributed by atoms with van der Waals surface area (Å²) < 4.78 is 0. The molecule has 0 aliphatic heterocycles. The van der Waals surface area contributed by atoms with Crippen LogP contribution in [0.15, 0.2) is 0 Å². The first-order valence-electron chi connectivity index (χ1n) is 4.53. The van der Waals surface area contributed by atoms with Crippen molar-refractivity contribution in [1.82, 2.24) is 16.2 Å². The lowest BCUT2D eigenvalue weighted by molar-refractivity contribution is 0.475. The predicted molar refractivity (Wildman–Crippen MR) is 54.8 cm³/mol. The van der Waals surface area contributed by atoms with E-state index < -0.39 is 0 Å². The monoisotopic (exact) mass is 187 g/mol. The van der Waals surface area contributed by atoms with Crippen molar-refractivity contribution in [2.24, 2.45) is 5.92 Å². The molecule has 3 N–H and O–H groups in total. The minimum Gasteiger partial charge on any atom is -0.365 e. The fourth-order valence-electron chi connectivity index (χ4n) is 1.55. The summed E-state index contributed by atoms with van der Waals surface area (Å²) >= 11 is 4.91. The van der Waals surface area contributed by atoms with E-state index in [0.29, 0.717) is 5.11 Å². The van der Waals surface area contributed by atoms with Crippen LogP contribution >= 0.6 is 12.2 Å². The maximum atomic E-state index is 4.91. The van der Waals surface area contributed by atoms with Gasteiger partial charge in [-0.2, -0.15) is 0 Å². The first-order valence-corrected chi connectivity index (χ1v) is 4.94. The van der Waals surface area contributed by atoms with E-state index in [-0.39, 0.29) is 0 Å². The fraction of sp³-hybridized carbons (Fsp3) is 0.875. The van der Waals surface area contributed by atoms with E-state index in [4.69, 9.17) is 12.2 Å². The second kappa shape index (κ2) is 5.32. The smallest absolute Gasteiger partial charge is 0.180 e. The molecule has 1 aliphatic rings. The van der Waals surface area contributed by atoms with Crippen molar-refractivity contribution >= 4 is 17.3 Å². The third kappa shape index (κ3) is 3.36. The normalized spacial score (nSPS) is 17.8. The van der Waals surface area contributed by atoms with E-state index in [0.717, 1.165) is 12.5 Å². The summed E-state index contributed by atoms with van der Waals surface area (Å²) in [4.78, 5) is 0. The lowest BCUT2D eigenvalue weighted by Gasteiger charge is -2.12. The molecule has 1 aliphatic carbocycles. The van der Waals surface area contributed by atoms with Crippen LogP contribution in [0.25, 0.3) is 0 Å². The highest BCUT2D eigenvalue weighted by atomic mass is 32.1. The van der Waals surface area contributed by atoms with Gasteiger partial charge in [0.2, 0.25) is 0 Å². The number of nitrogens with one attached hydrogen (secondary N) is 3. The molecule has 12 heavy (non-hydrogen) atoms. The highest BCUT2D eigenvalue weighted by Gasteiger charge is 2.13. The molecule has 0 bridgehead atoms. The zero-order valence-electron chi connectivity index (χ0n) is 7.52. The van der Waals surface area contributed by atoms with Gasteiger partial charge < -0.3 is 5.32 Å². The molecule has 0 spiro atoms. The average Bonchev–Trinajstić information content (AvgIpc) is 2.57. The van der Waals surface area contributed by atoms with Crippen molar-refractivity contribution in [3.8, 4) is 0 Å². The Hall–Kier alpha value is -0.350. The van der Waals surface area contributed by atoms with E-state index in [1.54, 1.807) is 0 Å². The minimum absolute atomic E-state index is 0.660. The third-order valence-electron chi connectivity index (χ3n) is 2.29. The molecule has 0 unspecified atom stereocenters. The van der Waals surface area contributed by atoms with Crippen LogP contribution in [-0.4, -0.2) is 18.7 Å². The average molecular weight is 187 g/mol. The van der Waals surface area contributed by atoms with Crippen LogP contribution in [0.2, 0.25) is 0 Å². The number of hydrogen-bond acceptors (Lipinski definition) is 2. The van der Waals surface area contributed by atoms with Gasteiger partial charge in [-0.15, -0.1) is 0 Å². The molecule has 0 aromatic carbocycles. The van der Waals surface area contributed by atoms with Gasteiger partial charge >= 0.3 is 0 Å². The number of rotatable bonds is 3. The Kier molecular flexibility index (Phi) is 4.32. The van der Waals surface area contributed by atoms with E-state index in [1.165, 1.54) is 25.7 Å². The van der Waals surface area contributed by atoms with Crippen molar-refractivity contribution < 1.29 is 0 Å². The fourth-order valence-corrected chi connectivity index (χ4v) is 1.62. The van der Waals surface area contributed by atoms with Crippen LogP contribution in [0.1, 0.15) is 25.7 Å². The summed E-state index contributed by atoms with van der Waals surface area (Å²) in [5.74, 6) is 0.845. The molecule has 0 aromatic rings. The lowest BCUT2D eigenvalue weighted by Crippen LogP contribution is -2.44. The Morgan fingerprint density at radius 1 is 1.42 bits per heavy atom. The highest BCUT2D eigenvalue weighted by molar-refractivity contribution is 7.80. The second-order valence-corrected chi connectivity index (χ2v) is 3.64. The molecule has 0 aromatic heterocycles. The van der Waals surface area contributed by atoms with E-state index in [9.17, 15) is 0 Å². The predicted octanol–water partition coefficient (Wildman–Crippen LogP) is 0.775. The molecule has 0 saturated heterocycles. The van der Waals surface area contributed by atoms with Gasteiger partial charge in [-0.3, -0.25) is 5.43 Å². The summed E-state index contributed by atoms with van der Waals surface area (Å²) in [5, 5.41) is 3.51. The number of hydrazine groups is 1. The quantitative estimate of drug-likeness (QED) is 0.451. The van der Waals surface area contributed by atoms with E-state index >= 15 is 0 Å². The summed E-state index contributed by atoms with van der Waals surface area (Å²) in [7, 11) is 1.81. The van der Waals surface area contributed by atoms with Gasteiger partial charge in [0.25, 0.3) is 0 Å². The van der Waals surface area contributed by atoms with Crippen LogP contribution in [0.5, 0.6) is 0 Å². The Labute approximate surface area is 79.3 Å². The Morgan fingerprint density at radius 3 is 2.67 bits per heavy atom. The molecule has 0 atom stereocenters. The largest absolute Gasteiger partial charge is 0.365 e. The third-order valence-corrected chi connectivity index (χ3v) is 2.60. The van der Waals surface area contributed by atoms with Gasteiger partial charge in [-0.05, 0) is 31.0 Å². The molecule has 3 nitrogen and oxygen atoms in total. The second-order valence-electron chi connectivity index (χ2n) is 3.24. The zero-order chi connectivity index (χ0) is 8.81. The molecule has 0 amide bonds. The molecule has 1 rings (SSSR count). The molecular formula is C8H17N3S. The van der Waals surface area contributed by atoms with Crippen LogP contribution < -0.4 is 16.2 Å². The van der Waals surface area contributed by atoms with Crippen LogP contribution in [0.4, 0.5) is 0 Å². The van der Waals surface area contributed by atoms with Gasteiger partial charge in [-0.1, -0.05) is 12.8 Å². The first kappa shape index (κ1) is 9.74. The SMILES string of the molecule is CNC(=S)NNCC1CCCC1. The maximum Gasteiger partial charge on any atom is 0.180 e. The lowest BCUT2D eigenvalue weighted by atomic mass is 10.1. The highest BCUT2D eigenvalue weighted by Crippen LogP contribution is 2.23. The maximum absolute atomic E-state index is 4.91. The summed E-state index contributed by atoms with van der Waals surface area (Å²) in [6.07, 6.45) is 5.51. The molecular weight excluding hydrogens is 170 g/mol. The van der Waals surface area contributed by atoms with Gasteiger partial charge in [0.05, 0.1) is 0 Å². The summed E-state index contributed by atoms with van der Waals surface area (Å²) in [6.45, 7) is 1.03. The van der Waals surface area contributed by atoms with Crippen molar-refractivity contribution in [3.05, 3.63) is 0 Å². The molecule has 1 fully saturated rings. The van der Waals surface area contributed by atoms with Crippen molar-refractivity contribution in [2.45, 2.75) is 25.7 Å². The van der Waals surface area contributed by atoms with E-state index in [1.807, 2.05) is 7.05 Å². The Morgan fingerprint density at radius 2 is 2.08 bits per heavy atom. The van der Waals surface area contributed by atoms with Gasteiger partial charge in [-0.25, -0.2) is 5.43 Å². The molecule has 70 valence electrons. The summed E-state index contributed by atoms with van der Waals surface area (Å²) in [6, 6.07) is 0. The first-order chi connectivity index (χ1) is 5.83. The molecule has 1 saturated carbocycles. The van der Waals surface area contributed by atoms with Crippen LogP contribution in [0, 0.1) is 5.92 Å². The summed E-state index contributed by atoms with van der Waals surface area (Å²) in [5.41, 5.74) is 6.05. The standard InChI is InChI=1S/C8H17N3S/c1-9-8(12)11-10-6-7-4-2-3-5-7/h7,10H,2-6H2,1H3,(H2,9,11,12). The topological polar surface area (TPSA) is 36.1 Å². The van der Waals surface area contributed by atoms with Crippen LogP contribution in [-0.2, 0) is 0 Å². The molecule has 4 heteroatoms. The Bertz CT molecular complexity index is 143. The molecule has 0 heterocycles. The van der Waals surface area contributed by atoms with Gasteiger partial charge in [0, 0.05) is 13.6 Å². The molecule has 0 radical (unpaired) electrons. The van der Waals surface area contributed by atoms with Gasteiger partial charge in [0.15, 0.2) is 5.11 Å². The van der Waals surface area contributed by atoms with Crippen molar-refractivity contribution in [1.29, 1.82) is 0 Å². The minimum atomic E-state index is 0.660. The van der Waals surface area contributed by atoms with Crippen molar-refractivity contribution in [3.63, 3.8) is 0 Å². The van der Waals surface area contributed by atoms with Crippen LogP contribution in [0.3, 0.4) is 0 Å². The van der Waals surface area contributed by atoms with E-state index in [2.05, 4.69) is 16.2 Å². The number of hydrogen-bond donors (Lipinski definition) is 3. The van der Waals surface area contributed by atoms with Gasteiger partial charge in [0.1, 0.15) is 0 Å².